The summed E-state index contributed by atoms with van der Waals surface area (Å²) < 4.78 is 10.4. The van der Waals surface area contributed by atoms with Crippen LogP contribution in [0.2, 0.25) is 0 Å². The molecule has 0 amide bonds. The quantitative estimate of drug-likeness (QED) is 0.562. The van der Waals surface area contributed by atoms with Gasteiger partial charge in [-0.15, -0.1) is 10.2 Å². The van der Waals surface area contributed by atoms with Crippen LogP contribution in [0, 0.1) is 0 Å². The molecule has 3 aromatic heterocycles. The number of aryl methyl sites for hydroxylation is 1. The molecule has 0 aliphatic rings. The van der Waals surface area contributed by atoms with Gasteiger partial charge in [0.2, 0.25) is 5.65 Å². The Balaban J connectivity index is 1.75. The van der Waals surface area contributed by atoms with Crippen LogP contribution in [0.25, 0.3) is 17.0 Å². The molecule has 4 rings (SSSR count). The molecular weight excluding hydrogens is 320 g/mol. The summed E-state index contributed by atoms with van der Waals surface area (Å²) in [4.78, 5) is 16.5. The van der Waals surface area contributed by atoms with Gasteiger partial charge in [-0.2, -0.15) is 0 Å². The first-order valence-electron chi connectivity index (χ1n) is 7.72. The summed E-state index contributed by atoms with van der Waals surface area (Å²) in [6.07, 6.45) is 7.08. The van der Waals surface area contributed by atoms with Gasteiger partial charge in [0, 0.05) is 37.4 Å². The highest BCUT2D eigenvalue weighted by atomic mass is 16.5. The first-order valence-corrected chi connectivity index (χ1v) is 7.72. The molecule has 25 heavy (non-hydrogen) atoms. The predicted octanol–water partition coefficient (Wildman–Crippen LogP) is 1.35. The number of fused-ring (bicyclic) bond motifs is 1. The van der Waals surface area contributed by atoms with Gasteiger partial charge in [0.05, 0.1) is 13.7 Å². The molecular formula is C17H16N6O2. The van der Waals surface area contributed by atoms with Gasteiger partial charge in [-0.25, -0.2) is 4.98 Å². The molecule has 0 aliphatic carbocycles. The number of benzene rings is 1. The van der Waals surface area contributed by atoms with Crippen molar-refractivity contribution in [2.75, 3.05) is 7.11 Å². The number of aromatic nitrogens is 6. The number of nitrogens with zero attached hydrogens (tertiary/aromatic N) is 6. The lowest BCUT2D eigenvalue weighted by atomic mass is 10.2. The zero-order valence-corrected chi connectivity index (χ0v) is 13.8. The average molecular weight is 336 g/mol. The van der Waals surface area contributed by atoms with Crippen molar-refractivity contribution in [2.45, 2.75) is 6.54 Å². The van der Waals surface area contributed by atoms with E-state index in [0.717, 1.165) is 17.1 Å². The van der Waals surface area contributed by atoms with E-state index in [1.807, 2.05) is 35.0 Å². The smallest absolute Gasteiger partial charge is 0.295 e. The Hall–Kier alpha value is -3.42. The van der Waals surface area contributed by atoms with Crippen LogP contribution in [0.5, 0.6) is 5.75 Å². The van der Waals surface area contributed by atoms with Gasteiger partial charge in [-0.1, -0.05) is 12.1 Å². The summed E-state index contributed by atoms with van der Waals surface area (Å²) in [5.74, 6) is 2.22. The Morgan fingerprint density at radius 2 is 2.04 bits per heavy atom. The Kier molecular flexibility index (Phi) is 3.57. The zero-order valence-electron chi connectivity index (χ0n) is 13.8. The van der Waals surface area contributed by atoms with E-state index in [9.17, 15) is 4.79 Å². The molecule has 0 saturated carbocycles. The third-order valence-electron chi connectivity index (χ3n) is 4.07. The van der Waals surface area contributed by atoms with Crippen molar-refractivity contribution in [1.29, 1.82) is 0 Å². The number of hydrogen-bond acceptors (Lipinski definition) is 5. The van der Waals surface area contributed by atoms with Gasteiger partial charge in [-0.3, -0.25) is 9.20 Å². The van der Waals surface area contributed by atoms with Crippen LogP contribution in [0.3, 0.4) is 0 Å². The van der Waals surface area contributed by atoms with Gasteiger partial charge in [-0.05, 0) is 12.1 Å². The highest BCUT2D eigenvalue weighted by molar-refractivity contribution is 5.58. The lowest BCUT2D eigenvalue weighted by molar-refractivity contribution is 0.415. The molecule has 0 aliphatic heterocycles. The second kappa shape index (κ2) is 5.90. The average Bonchev–Trinajstić information content (AvgIpc) is 3.26. The van der Waals surface area contributed by atoms with Gasteiger partial charge in [0.25, 0.3) is 5.56 Å². The van der Waals surface area contributed by atoms with E-state index in [1.165, 1.54) is 4.57 Å². The van der Waals surface area contributed by atoms with Crippen LogP contribution < -0.4 is 10.3 Å². The van der Waals surface area contributed by atoms with Crippen LogP contribution in [0.15, 0.2) is 53.8 Å². The second-order valence-corrected chi connectivity index (χ2v) is 5.63. The standard InChI is InChI=1S/C17H16N6O2/c1-21-8-9-23-14(19-20-16(23)17(21)24)11-22-7-6-18-15(22)12-4-3-5-13(10-12)25-2/h3-10H,11H2,1-2H3. The second-order valence-electron chi connectivity index (χ2n) is 5.63. The van der Waals surface area contributed by atoms with Crippen molar-refractivity contribution in [3.63, 3.8) is 0 Å². The third-order valence-corrected chi connectivity index (χ3v) is 4.07. The van der Waals surface area contributed by atoms with Crippen molar-refractivity contribution >= 4 is 5.65 Å². The number of methoxy groups -OCH3 is 1. The normalized spacial score (nSPS) is 11.1. The Morgan fingerprint density at radius 3 is 2.88 bits per heavy atom. The molecule has 126 valence electrons. The van der Waals surface area contributed by atoms with Gasteiger partial charge >= 0.3 is 0 Å². The van der Waals surface area contributed by atoms with Crippen molar-refractivity contribution in [2.24, 2.45) is 7.05 Å². The molecule has 3 heterocycles. The topological polar surface area (TPSA) is 79.2 Å². The molecule has 8 heteroatoms. The van der Waals surface area contributed by atoms with Gasteiger partial charge < -0.3 is 13.9 Å². The molecule has 0 spiro atoms. The number of imidazole rings is 1. The van der Waals surface area contributed by atoms with Crippen molar-refractivity contribution in [3.8, 4) is 17.1 Å². The third kappa shape index (κ3) is 2.57. The van der Waals surface area contributed by atoms with Crippen molar-refractivity contribution < 1.29 is 4.74 Å². The van der Waals surface area contributed by atoms with E-state index in [2.05, 4.69) is 15.2 Å². The summed E-state index contributed by atoms with van der Waals surface area (Å²) in [5, 5.41) is 8.18. The van der Waals surface area contributed by atoms with E-state index in [1.54, 1.807) is 37.1 Å². The van der Waals surface area contributed by atoms with E-state index in [-0.39, 0.29) is 5.56 Å². The SMILES string of the molecule is COc1cccc(-c2nccn2Cc2nnc3c(=O)n(C)ccn23)c1. The molecule has 0 unspecified atom stereocenters. The summed E-state index contributed by atoms with van der Waals surface area (Å²) >= 11 is 0. The first-order chi connectivity index (χ1) is 12.2. The summed E-state index contributed by atoms with van der Waals surface area (Å²) in [5.41, 5.74) is 1.07. The number of hydrogen-bond donors (Lipinski definition) is 0. The molecule has 0 N–H and O–H groups in total. The van der Waals surface area contributed by atoms with E-state index in [0.29, 0.717) is 18.0 Å². The Bertz CT molecular complexity index is 1110. The molecule has 8 nitrogen and oxygen atoms in total. The van der Waals surface area contributed by atoms with E-state index in [4.69, 9.17) is 4.74 Å². The number of rotatable bonds is 4. The first kappa shape index (κ1) is 15.1. The molecule has 0 radical (unpaired) electrons. The largest absolute Gasteiger partial charge is 0.497 e. The maximum atomic E-state index is 12.1. The fourth-order valence-electron chi connectivity index (χ4n) is 2.74. The summed E-state index contributed by atoms with van der Waals surface area (Å²) in [6.45, 7) is 0.445. The van der Waals surface area contributed by atoms with Crippen LogP contribution >= 0.6 is 0 Å². The highest BCUT2D eigenvalue weighted by Crippen LogP contribution is 2.22. The van der Waals surface area contributed by atoms with Crippen molar-refractivity contribution in [1.82, 2.24) is 28.7 Å². The van der Waals surface area contributed by atoms with Gasteiger partial charge in [0.1, 0.15) is 11.6 Å². The molecule has 1 aromatic carbocycles. The molecule has 0 fully saturated rings. The van der Waals surface area contributed by atoms with Crippen LogP contribution in [-0.4, -0.2) is 35.8 Å². The van der Waals surface area contributed by atoms with Gasteiger partial charge in [0.15, 0.2) is 5.82 Å². The van der Waals surface area contributed by atoms with Crippen LogP contribution in [0.1, 0.15) is 5.82 Å². The Labute approximate surface area is 143 Å². The maximum Gasteiger partial charge on any atom is 0.295 e. The lowest BCUT2D eigenvalue weighted by Crippen LogP contribution is -2.19. The fraction of sp³-hybridized carbons (Fsp3) is 0.176. The zero-order chi connectivity index (χ0) is 17.4. The monoisotopic (exact) mass is 336 g/mol. The summed E-state index contributed by atoms with van der Waals surface area (Å²) in [6, 6.07) is 7.71. The fourth-order valence-corrected chi connectivity index (χ4v) is 2.74. The minimum Gasteiger partial charge on any atom is -0.497 e. The molecule has 0 saturated heterocycles. The number of ether oxygens (including phenoxy) is 1. The summed E-state index contributed by atoms with van der Waals surface area (Å²) in [7, 11) is 3.32. The van der Waals surface area contributed by atoms with Crippen LogP contribution in [0.4, 0.5) is 0 Å². The van der Waals surface area contributed by atoms with Crippen LogP contribution in [-0.2, 0) is 13.6 Å². The maximum absolute atomic E-state index is 12.1. The lowest BCUT2D eigenvalue weighted by Gasteiger charge is -2.08. The minimum atomic E-state index is -0.181. The molecule has 0 bridgehead atoms. The van der Waals surface area contributed by atoms with E-state index >= 15 is 0 Å². The molecule has 0 atom stereocenters. The minimum absolute atomic E-state index is 0.181. The molecule has 4 aromatic rings. The van der Waals surface area contributed by atoms with Crippen molar-refractivity contribution in [3.05, 3.63) is 65.2 Å². The highest BCUT2D eigenvalue weighted by Gasteiger charge is 2.13. The predicted molar refractivity (Wildman–Crippen MR) is 91.5 cm³/mol. The van der Waals surface area contributed by atoms with E-state index < -0.39 is 0 Å². The Morgan fingerprint density at radius 1 is 1.16 bits per heavy atom.